The zero-order valence-electron chi connectivity index (χ0n) is 7.76. The lowest BCUT2D eigenvalue weighted by Crippen LogP contribution is -2.28. The number of nitrogens with two attached hydrogens (primary N) is 1. The molecule has 1 aliphatic carbocycles. The van der Waals surface area contributed by atoms with Crippen molar-refractivity contribution in [2.75, 3.05) is 0 Å². The highest BCUT2D eigenvalue weighted by Gasteiger charge is 2.17. The van der Waals surface area contributed by atoms with Crippen molar-refractivity contribution in [3.8, 4) is 6.07 Å². The Morgan fingerprint density at radius 3 is 2.93 bits per heavy atom. The van der Waals surface area contributed by atoms with Crippen LogP contribution < -0.4 is 5.73 Å². The van der Waals surface area contributed by atoms with Gasteiger partial charge in [-0.2, -0.15) is 5.26 Å². The summed E-state index contributed by atoms with van der Waals surface area (Å²) >= 11 is 0. The van der Waals surface area contributed by atoms with Crippen molar-refractivity contribution in [2.24, 2.45) is 5.73 Å². The molecule has 0 heterocycles. The number of nitriles is 1. The van der Waals surface area contributed by atoms with Gasteiger partial charge >= 0.3 is 0 Å². The van der Waals surface area contributed by atoms with E-state index in [-0.39, 0.29) is 11.6 Å². The molecule has 0 spiro atoms. The Bertz CT molecular complexity index is 406. The highest BCUT2D eigenvalue weighted by molar-refractivity contribution is 5.41. The summed E-state index contributed by atoms with van der Waals surface area (Å²) in [5.74, 6) is -0.430. The fourth-order valence-electron chi connectivity index (χ4n) is 1.89. The van der Waals surface area contributed by atoms with Gasteiger partial charge in [0.2, 0.25) is 0 Å². The predicted molar refractivity (Wildman–Crippen MR) is 51.1 cm³/mol. The van der Waals surface area contributed by atoms with Gasteiger partial charge in [0, 0.05) is 6.04 Å². The second-order valence-electron chi connectivity index (χ2n) is 3.72. The summed E-state index contributed by atoms with van der Waals surface area (Å²) in [4.78, 5) is 0. The molecule has 0 aliphatic heterocycles. The van der Waals surface area contributed by atoms with E-state index in [0.29, 0.717) is 0 Å². The summed E-state index contributed by atoms with van der Waals surface area (Å²) < 4.78 is 13.2. The van der Waals surface area contributed by atoms with Gasteiger partial charge in [-0.3, -0.25) is 0 Å². The minimum absolute atomic E-state index is 0.134. The summed E-state index contributed by atoms with van der Waals surface area (Å²) in [6.45, 7) is 0. The molecule has 0 fully saturated rings. The Labute approximate surface area is 82.1 Å². The molecule has 3 heteroatoms. The molecular formula is C11H11FN2. The monoisotopic (exact) mass is 190 g/mol. The molecule has 2 nitrogen and oxygen atoms in total. The summed E-state index contributed by atoms with van der Waals surface area (Å²) in [6, 6.07) is 5.09. The van der Waals surface area contributed by atoms with Crippen molar-refractivity contribution in [1.29, 1.82) is 5.26 Å². The lowest BCUT2D eigenvalue weighted by atomic mass is 9.87. The largest absolute Gasteiger partial charge is 0.327 e. The number of rotatable bonds is 0. The quantitative estimate of drug-likeness (QED) is 0.674. The summed E-state index contributed by atoms with van der Waals surface area (Å²) in [6.07, 6.45) is 2.49. The third kappa shape index (κ3) is 1.49. The molecule has 0 amide bonds. The van der Waals surface area contributed by atoms with E-state index in [1.54, 1.807) is 6.07 Å². The second kappa shape index (κ2) is 3.39. The third-order valence-corrected chi connectivity index (χ3v) is 2.68. The highest BCUT2D eigenvalue weighted by Crippen LogP contribution is 2.23. The Morgan fingerprint density at radius 1 is 1.43 bits per heavy atom. The fourth-order valence-corrected chi connectivity index (χ4v) is 1.89. The van der Waals surface area contributed by atoms with Crippen LogP contribution in [0.3, 0.4) is 0 Å². The van der Waals surface area contributed by atoms with Crippen LogP contribution in [-0.2, 0) is 12.8 Å². The normalized spacial score (nSPS) is 19.9. The number of benzene rings is 1. The van der Waals surface area contributed by atoms with Crippen molar-refractivity contribution in [3.05, 3.63) is 34.6 Å². The molecule has 2 rings (SSSR count). The highest BCUT2D eigenvalue weighted by atomic mass is 19.1. The lowest BCUT2D eigenvalue weighted by Gasteiger charge is -2.21. The van der Waals surface area contributed by atoms with Gasteiger partial charge in [-0.05, 0) is 42.5 Å². The van der Waals surface area contributed by atoms with E-state index in [9.17, 15) is 4.39 Å². The van der Waals surface area contributed by atoms with Gasteiger partial charge in [0.05, 0.1) is 5.56 Å². The van der Waals surface area contributed by atoms with Crippen molar-refractivity contribution in [2.45, 2.75) is 25.3 Å². The molecule has 0 saturated heterocycles. The van der Waals surface area contributed by atoms with Crippen LogP contribution in [0.5, 0.6) is 0 Å². The first kappa shape index (κ1) is 9.17. The Balaban J connectivity index is 2.47. The molecule has 1 unspecified atom stereocenters. The van der Waals surface area contributed by atoms with Gasteiger partial charge in [0.25, 0.3) is 0 Å². The number of halogens is 1. The standard InChI is InChI=1S/C11H11FN2/c12-11-5-8-4-10(14)2-1-7(8)3-9(11)6-13/h3,5,10H,1-2,4,14H2. The van der Waals surface area contributed by atoms with Crippen LogP contribution in [0, 0.1) is 17.1 Å². The topological polar surface area (TPSA) is 49.8 Å². The van der Waals surface area contributed by atoms with Crippen LogP contribution in [0.25, 0.3) is 0 Å². The molecular weight excluding hydrogens is 179 g/mol. The Morgan fingerprint density at radius 2 is 2.21 bits per heavy atom. The number of nitrogens with zero attached hydrogens (tertiary/aromatic N) is 1. The molecule has 0 saturated carbocycles. The minimum Gasteiger partial charge on any atom is -0.327 e. The van der Waals surface area contributed by atoms with E-state index >= 15 is 0 Å². The summed E-state index contributed by atoms with van der Waals surface area (Å²) in [5, 5.41) is 8.66. The van der Waals surface area contributed by atoms with Crippen LogP contribution in [0.15, 0.2) is 12.1 Å². The second-order valence-corrected chi connectivity index (χ2v) is 3.72. The fraction of sp³-hybridized carbons (Fsp3) is 0.364. The zero-order valence-corrected chi connectivity index (χ0v) is 7.76. The van der Waals surface area contributed by atoms with E-state index < -0.39 is 5.82 Å². The number of fused-ring (bicyclic) bond motifs is 1. The third-order valence-electron chi connectivity index (χ3n) is 2.68. The summed E-state index contributed by atoms with van der Waals surface area (Å²) in [5.41, 5.74) is 7.95. The minimum atomic E-state index is -0.430. The van der Waals surface area contributed by atoms with E-state index in [4.69, 9.17) is 11.0 Å². The van der Waals surface area contributed by atoms with E-state index in [0.717, 1.165) is 30.4 Å². The Kier molecular flexibility index (Phi) is 2.22. The first-order valence-corrected chi connectivity index (χ1v) is 4.67. The molecule has 2 N–H and O–H groups in total. The molecule has 1 aromatic rings. The SMILES string of the molecule is N#Cc1cc2c(cc1F)CC(N)CC2. The zero-order chi connectivity index (χ0) is 10.1. The number of hydrogen-bond donors (Lipinski definition) is 1. The first-order valence-electron chi connectivity index (χ1n) is 4.67. The van der Waals surface area contributed by atoms with Crippen LogP contribution in [0.2, 0.25) is 0 Å². The van der Waals surface area contributed by atoms with Gasteiger partial charge in [-0.1, -0.05) is 0 Å². The molecule has 0 radical (unpaired) electrons. The van der Waals surface area contributed by atoms with E-state index in [1.165, 1.54) is 6.07 Å². The maximum Gasteiger partial charge on any atom is 0.141 e. The summed E-state index contributed by atoms with van der Waals surface area (Å²) in [7, 11) is 0. The molecule has 72 valence electrons. The maximum atomic E-state index is 13.2. The lowest BCUT2D eigenvalue weighted by molar-refractivity contribution is 0.564. The smallest absolute Gasteiger partial charge is 0.141 e. The van der Waals surface area contributed by atoms with Gasteiger partial charge in [0.15, 0.2) is 0 Å². The molecule has 1 aromatic carbocycles. The van der Waals surface area contributed by atoms with Crippen LogP contribution in [0.4, 0.5) is 4.39 Å². The Hall–Kier alpha value is -1.40. The average Bonchev–Trinajstić information content (AvgIpc) is 2.16. The first-order chi connectivity index (χ1) is 6.70. The van der Waals surface area contributed by atoms with Gasteiger partial charge in [-0.15, -0.1) is 0 Å². The van der Waals surface area contributed by atoms with Crippen LogP contribution >= 0.6 is 0 Å². The predicted octanol–water partition coefficient (Wildman–Crippen LogP) is 1.51. The van der Waals surface area contributed by atoms with Crippen LogP contribution in [-0.4, -0.2) is 6.04 Å². The van der Waals surface area contributed by atoms with Crippen molar-refractivity contribution < 1.29 is 4.39 Å². The number of hydrogen-bond acceptors (Lipinski definition) is 2. The average molecular weight is 190 g/mol. The molecule has 0 bridgehead atoms. The molecule has 14 heavy (non-hydrogen) atoms. The molecule has 1 aliphatic rings. The van der Waals surface area contributed by atoms with Crippen molar-refractivity contribution in [1.82, 2.24) is 0 Å². The van der Waals surface area contributed by atoms with Crippen molar-refractivity contribution in [3.63, 3.8) is 0 Å². The van der Waals surface area contributed by atoms with E-state index in [2.05, 4.69) is 0 Å². The van der Waals surface area contributed by atoms with Gasteiger partial charge in [0.1, 0.15) is 11.9 Å². The van der Waals surface area contributed by atoms with Crippen LogP contribution in [0.1, 0.15) is 23.1 Å². The molecule has 1 atom stereocenters. The molecule has 0 aromatic heterocycles. The van der Waals surface area contributed by atoms with E-state index in [1.807, 2.05) is 6.07 Å². The maximum absolute atomic E-state index is 13.2. The van der Waals surface area contributed by atoms with Gasteiger partial charge < -0.3 is 5.73 Å². The van der Waals surface area contributed by atoms with Gasteiger partial charge in [-0.25, -0.2) is 4.39 Å². The van der Waals surface area contributed by atoms with Crippen molar-refractivity contribution >= 4 is 0 Å². The number of aryl methyl sites for hydroxylation is 1.